The number of pyridine rings is 2. The van der Waals surface area contributed by atoms with Gasteiger partial charge in [0.1, 0.15) is 11.6 Å². The monoisotopic (exact) mass is 538 g/mol. The Morgan fingerprint density at radius 3 is 2.67 bits per heavy atom. The van der Waals surface area contributed by atoms with Crippen molar-refractivity contribution in [3.63, 3.8) is 0 Å². The molecule has 0 saturated carbocycles. The van der Waals surface area contributed by atoms with Crippen LogP contribution >= 0.6 is 0 Å². The maximum Gasteiger partial charge on any atom is 0.219 e. The zero-order valence-electron chi connectivity index (χ0n) is 22.9. The molecule has 0 aromatic carbocycles. The standard InChI is InChI=1S/C30H34N8O2/c1-20-5-6-23(18-37(20)21(2)39)30-35-28(22-4-3-10-31-16-22)15-29(36-30)34-25-7-11-32-27(14-25)24-17-33-38(19-24)26-8-12-40-13-9-26/h3-4,7,10-11,14-17,19-20,23,26H,5-6,8-9,12-13,18H2,1-2H3,(H,32,34,35,36)/t20-,23+/m0/s1. The molecule has 2 saturated heterocycles. The second-order valence-electron chi connectivity index (χ2n) is 10.6. The molecule has 1 N–H and O–H groups in total. The van der Waals surface area contributed by atoms with Gasteiger partial charge in [0.25, 0.3) is 0 Å². The van der Waals surface area contributed by atoms with Crippen LogP contribution < -0.4 is 5.32 Å². The number of aromatic nitrogens is 6. The SMILES string of the molecule is CC(=O)N1C[C@H](c2nc(Nc3ccnc(-c4cnn(C5CCOCC5)c4)c3)cc(-c3cccnc3)n2)CC[C@@H]1C. The highest BCUT2D eigenvalue weighted by molar-refractivity contribution is 5.74. The van der Waals surface area contributed by atoms with E-state index in [0.29, 0.717) is 18.4 Å². The Morgan fingerprint density at radius 1 is 1.00 bits per heavy atom. The van der Waals surface area contributed by atoms with Gasteiger partial charge >= 0.3 is 0 Å². The lowest BCUT2D eigenvalue weighted by Gasteiger charge is -2.37. The van der Waals surface area contributed by atoms with Gasteiger partial charge in [-0.3, -0.25) is 19.4 Å². The maximum absolute atomic E-state index is 12.3. The first-order chi connectivity index (χ1) is 19.5. The smallest absolute Gasteiger partial charge is 0.219 e. The van der Waals surface area contributed by atoms with E-state index >= 15 is 0 Å². The molecule has 0 aliphatic carbocycles. The zero-order chi connectivity index (χ0) is 27.5. The number of likely N-dealkylation sites (tertiary alicyclic amines) is 1. The van der Waals surface area contributed by atoms with E-state index in [1.807, 2.05) is 46.1 Å². The van der Waals surface area contributed by atoms with Crippen molar-refractivity contribution in [3.05, 3.63) is 67.1 Å². The molecule has 4 aromatic rings. The quantitative estimate of drug-likeness (QED) is 0.365. The maximum atomic E-state index is 12.3. The third-order valence-corrected chi connectivity index (χ3v) is 7.85. The van der Waals surface area contributed by atoms with Crippen LogP contribution in [0.15, 0.2) is 61.3 Å². The summed E-state index contributed by atoms with van der Waals surface area (Å²) in [6.07, 6.45) is 13.1. The normalized spacial score (nSPS) is 19.9. The number of piperidine rings is 1. The predicted molar refractivity (Wildman–Crippen MR) is 152 cm³/mol. The molecule has 4 aromatic heterocycles. The first-order valence-corrected chi connectivity index (χ1v) is 14.0. The van der Waals surface area contributed by atoms with Crippen LogP contribution in [0.25, 0.3) is 22.5 Å². The van der Waals surface area contributed by atoms with E-state index in [0.717, 1.165) is 72.9 Å². The summed E-state index contributed by atoms with van der Waals surface area (Å²) in [4.78, 5) is 33.0. The Labute approximate surface area is 233 Å². The molecule has 0 unspecified atom stereocenters. The molecule has 6 heterocycles. The van der Waals surface area contributed by atoms with Gasteiger partial charge in [0.2, 0.25) is 5.91 Å². The summed E-state index contributed by atoms with van der Waals surface area (Å²) in [5.74, 6) is 1.56. The number of amides is 1. The van der Waals surface area contributed by atoms with Crippen LogP contribution in [0.1, 0.15) is 57.3 Å². The first-order valence-electron chi connectivity index (χ1n) is 14.0. The Balaban J connectivity index is 1.29. The van der Waals surface area contributed by atoms with Gasteiger partial charge in [0.05, 0.1) is 23.6 Å². The number of anilines is 2. The lowest BCUT2D eigenvalue weighted by molar-refractivity contribution is -0.132. The van der Waals surface area contributed by atoms with E-state index in [4.69, 9.17) is 14.7 Å². The van der Waals surface area contributed by atoms with Gasteiger partial charge < -0.3 is 15.0 Å². The second-order valence-corrected chi connectivity index (χ2v) is 10.6. The largest absolute Gasteiger partial charge is 0.381 e. The molecule has 2 fully saturated rings. The van der Waals surface area contributed by atoms with Gasteiger partial charge in [0.15, 0.2) is 0 Å². The van der Waals surface area contributed by atoms with E-state index < -0.39 is 0 Å². The lowest BCUT2D eigenvalue weighted by atomic mass is 9.92. The highest BCUT2D eigenvalue weighted by atomic mass is 16.5. The summed E-state index contributed by atoms with van der Waals surface area (Å²) in [6, 6.07) is 10.4. The minimum Gasteiger partial charge on any atom is -0.381 e. The number of nitrogens with one attached hydrogen (secondary N) is 1. The van der Waals surface area contributed by atoms with Crippen molar-refractivity contribution in [2.24, 2.45) is 0 Å². The Morgan fingerprint density at radius 2 is 1.88 bits per heavy atom. The van der Waals surface area contributed by atoms with E-state index in [2.05, 4.69) is 33.5 Å². The Kier molecular flexibility index (Phi) is 7.50. The highest BCUT2D eigenvalue weighted by Gasteiger charge is 2.30. The number of nitrogens with zero attached hydrogens (tertiary/aromatic N) is 7. The summed E-state index contributed by atoms with van der Waals surface area (Å²) in [7, 11) is 0. The van der Waals surface area contributed by atoms with Gasteiger partial charge in [-0.2, -0.15) is 5.10 Å². The number of rotatable bonds is 6. The van der Waals surface area contributed by atoms with Crippen LogP contribution in [0.2, 0.25) is 0 Å². The number of carbonyl (C=O) groups is 1. The first kappa shape index (κ1) is 26.1. The third-order valence-electron chi connectivity index (χ3n) is 7.85. The number of carbonyl (C=O) groups excluding carboxylic acids is 1. The van der Waals surface area contributed by atoms with E-state index in [9.17, 15) is 4.79 Å². The van der Waals surface area contributed by atoms with Crippen molar-refractivity contribution in [2.75, 3.05) is 25.1 Å². The molecule has 0 bridgehead atoms. The topological polar surface area (TPSA) is 111 Å². The summed E-state index contributed by atoms with van der Waals surface area (Å²) in [5.41, 5.74) is 4.38. The molecular weight excluding hydrogens is 504 g/mol. The fourth-order valence-electron chi connectivity index (χ4n) is 5.56. The molecule has 2 aliphatic heterocycles. The average Bonchev–Trinajstić information content (AvgIpc) is 3.49. The number of ether oxygens (including phenoxy) is 1. The van der Waals surface area contributed by atoms with Gasteiger partial charge in [-0.25, -0.2) is 9.97 Å². The molecule has 10 heteroatoms. The van der Waals surface area contributed by atoms with Crippen molar-refractivity contribution in [3.8, 4) is 22.5 Å². The second kappa shape index (κ2) is 11.5. The summed E-state index contributed by atoms with van der Waals surface area (Å²) >= 11 is 0. The molecule has 1 amide bonds. The molecular formula is C30H34N8O2. The van der Waals surface area contributed by atoms with Gasteiger partial charge in [-0.05, 0) is 56.9 Å². The molecule has 10 nitrogen and oxygen atoms in total. The van der Waals surface area contributed by atoms with E-state index in [1.165, 1.54) is 0 Å². The van der Waals surface area contributed by atoms with Crippen molar-refractivity contribution in [1.29, 1.82) is 0 Å². The molecule has 6 rings (SSSR count). The minimum atomic E-state index is 0.0568. The summed E-state index contributed by atoms with van der Waals surface area (Å²) < 4.78 is 7.53. The van der Waals surface area contributed by atoms with Crippen LogP contribution in [0.3, 0.4) is 0 Å². The zero-order valence-corrected chi connectivity index (χ0v) is 22.9. The van der Waals surface area contributed by atoms with Crippen molar-refractivity contribution < 1.29 is 9.53 Å². The van der Waals surface area contributed by atoms with Crippen molar-refractivity contribution in [1.82, 2.24) is 34.6 Å². The summed E-state index contributed by atoms with van der Waals surface area (Å²) in [5, 5.41) is 8.09. The molecule has 2 atom stereocenters. The van der Waals surface area contributed by atoms with E-state index in [-0.39, 0.29) is 17.9 Å². The Bertz CT molecular complexity index is 1470. The van der Waals surface area contributed by atoms with Crippen LogP contribution in [-0.4, -0.2) is 66.3 Å². The molecule has 40 heavy (non-hydrogen) atoms. The van der Waals surface area contributed by atoms with E-state index in [1.54, 1.807) is 25.5 Å². The lowest BCUT2D eigenvalue weighted by Crippen LogP contribution is -2.44. The van der Waals surface area contributed by atoms with Crippen molar-refractivity contribution in [2.45, 2.75) is 57.5 Å². The highest BCUT2D eigenvalue weighted by Crippen LogP contribution is 2.32. The minimum absolute atomic E-state index is 0.0568. The number of hydrogen-bond acceptors (Lipinski definition) is 8. The van der Waals surface area contributed by atoms with Gasteiger partial charge in [-0.15, -0.1) is 0 Å². The van der Waals surface area contributed by atoms with Gasteiger partial charge in [-0.1, -0.05) is 0 Å². The fourth-order valence-corrected chi connectivity index (χ4v) is 5.56. The summed E-state index contributed by atoms with van der Waals surface area (Å²) in [6.45, 7) is 5.89. The number of hydrogen-bond donors (Lipinski definition) is 1. The molecule has 0 radical (unpaired) electrons. The molecule has 2 aliphatic rings. The molecule has 0 spiro atoms. The predicted octanol–water partition coefficient (Wildman–Crippen LogP) is 5.01. The van der Waals surface area contributed by atoms with Crippen LogP contribution in [0, 0.1) is 0 Å². The van der Waals surface area contributed by atoms with Crippen LogP contribution in [0.5, 0.6) is 0 Å². The van der Waals surface area contributed by atoms with Crippen molar-refractivity contribution >= 4 is 17.4 Å². The van der Waals surface area contributed by atoms with Crippen LogP contribution in [-0.2, 0) is 9.53 Å². The molecule has 206 valence electrons. The van der Waals surface area contributed by atoms with Crippen LogP contribution in [0.4, 0.5) is 11.5 Å². The average molecular weight is 539 g/mol. The third kappa shape index (κ3) is 5.72. The fraction of sp³-hybridized carbons (Fsp3) is 0.400. The van der Waals surface area contributed by atoms with Gasteiger partial charge in [0, 0.05) is 86.3 Å². The Hall–Kier alpha value is -4.18.